The van der Waals surface area contributed by atoms with E-state index in [1.807, 2.05) is 30.3 Å². The van der Waals surface area contributed by atoms with Gasteiger partial charge < -0.3 is 23.7 Å². The molecule has 0 aliphatic carbocycles. The first kappa shape index (κ1) is 19.4. The minimum Gasteiger partial charge on any atom is -0.496 e. The van der Waals surface area contributed by atoms with Crippen LogP contribution in [-0.2, 0) is 6.61 Å². The molecule has 0 aliphatic heterocycles. The van der Waals surface area contributed by atoms with Crippen LogP contribution >= 0.6 is 0 Å². The number of aldehydes is 1. The molecule has 0 aliphatic rings. The van der Waals surface area contributed by atoms with Crippen LogP contribution in [0.15, 0.2) is 42.5 Å². The van der Waals surface area contributed by atoms with Gasteiger partial charge in [0.25, 0.3) is 0 Å². The zero-order valence-electron chi connectivity index (χ0n) is 16.3. The van der Waals surface area contributed by atoms with Crippen LogP contribution in [0.25, 0.3) is 10.8 Å². The number of hydrogen-bond donors (Lipinski definition) is 0. The quantitative estimate of drug-likeness (QED) is 0.542. The first-order valence-electron chi connectivity index (χ1n) is 8.64. The van der Waals surface area contributed by atoms with Gasteiger partial charge in [-0.3, -0.25) is 4.79 Å². The first-order valence-corrected chi connectivity index (χ1v) is 8.64. The van der Waals surface area contributed by atoms with Crippen molar-refractivity contribution in [1.82, 2.24) is 0 Å². The van der Waals surface area contributed by atoms with Crippen LogP contribution in [0.4, 0.5) is 0 Å². The van der Waals surface area contributed by atoms with E-state index in [9.17, 15) is 4.79 Å². The molecule has 0 unspecified atom stereocenters. The Hall–Kier alpha value is -3.41. The van der Waals surface area contributed by atoms with Gasteiger partial charge in [0.05, 0.1) is 39.4 Å². The molecule has 6 heteroatoms. The molecule has 28 heavy (non-hydrogen) atoms. The lowest BCUT2D eigenvalue weighted by Gasteiger charge is -2.20. The van der Waals surface area contributed by atoms with E-state index in [-0.39, 0.29) is 6.61 Å². The average molecular weight is 382 g/mol. The number of carbonyl (C=O) groups is 1. The molecule has 0 spiro atoms. The molecule has 0 aromatic heterocycles. The molecule has 0 radical (unpaired) electrons. The standard InChI is InChI=1S/C22H22O6/c1-24-17-11-18(25-2)21(26-3)19-16(17)10-15(12-23)20(22(19)27-4)28-13-14-8-6-5-7-9-14/h5-12H,13H2,1-4H3. The molecule has 0 N–H and O–H groups in total. The Morgan fingerprint density at radius 1 is 0.786 bits per heavy atom. The fourth-order valence-corrected chi connectivity index (χ4v) is 3.15. The van der Waals surface area contributed by atoms with Crippen LogP contribution in [0, 0.1) is 0 Å². The SMILES string of the molecule is COc1cc(OC)c2cc(C=O)c(OCc3ccccc3)c(OC)c2c1OC. The third kappa shape index (κ3) is 3.41. The summed E-state index contributed by atoms with van der Waals surface area (Å²) in [5, 5.41) is 1.26. The van der Waals surface area contributed by atoms with Crippen molar-refractivity contribution >= 4 is 17.1 Å². The molecule has 146 valence electrons. The number of methoxy groups -OCH3 is 4. The highest BCUT2D eigenvalue weighted by Crippen LogP contribution is 2.50. The van der Waals surface area contributed by atoms with Crippen molar-refractivity contribution < 1.29 is 28.5 Å². The van der Waals surface area contributed by atoms with E-state index < -0.39 is 0 Å². The van der Waals surface area contributed by atoms with Gasteiger partial charge in [0.2, 0.25) is 0 Å². The second-order valence-corrected chi connectivity index (χ2v) is 5.96. The Labute approximate surface area is 163 Å². The normalized spacial score (nSPS) is 10.4. The second-order valence-electron chi connectivity index (χ2n) is 5.96. The summed E-state index contributed by atoms with van der Waals surface area (Å²) in [6, 6.07) is 13.1. The van der Waals surface area contributed by atoms with Crippen LogP contribution in [-0.4, -0.2) is 34.7 Å². The fraction of sp³-hybridized carbons (Fsp3) is 0.227. The Morgan fingerprint density at radius 2 is 1.46 bits per heavy atom. The lowest BCUT2D eigenvalue weighted by Crippen LogP contribution is -2.03. The van der Waals surface area contributed by atoms with E-state index >= 15 is 0 Å². The van der Waals surface area contributed by atoms with Gasteiger partial charge in [0.1, 0.15) is 12.4 Å². The van der Waals surface area contributed by atoms with Crippen molar-refractivity contribution in [3.05, 3.63) is 53.6 Å². The minimum atomic E-state index is 0.285. The van der Waals surface area contributed by atoms with Gasteiger partial charge in [-0.1, -0.05) is 30.3 Å². The van der Waals surface area contributed by atoms with Gasteiger partial charge in [0.15, 0.2) is 29.3 Å². The topological polar surface area (TPSA) is 63.2 Å². The predicted molar refractivity (Wildman–Crippen MR) is 106 cm³/mol. The Bertz CT molecular complexity index is 982. The van der Waals surface area contributed by atoms with Gasteiger partial charge in [0, 0.05) is 11.5 Å². The fourth-order valence-electron chi connectivity index (χ4n) is 3.15. The van der Waals surface area contributed by atoms with Crippen molar-refractivity contribution in [1.29, 1.82) is 0 Å². The maximum absolute atomic E-state index is 11.8. The second kappa shape index (κ2) is 8.52. The highest BCUT2D eigenvalue weighted by atomic mass is 16.5. The van der Waals surface area contributed by atoms with Crippen molar-refractivity contribution in [2.45, 2.75) is 6.61 Å². The lowest BCUT2D eigenvalue weighted by atomic mass is 10.0. The van der Waals surface area contributed by atoms with Crippen molar-refractivity contribution in [2.75, 3.05) is 28.4 Å². The highest BCUT2D eigenvalue weighted by molar-refractivity contribution is 6.05. The van der Waals surface area contributed by atoms with E-state index in [0.717, 1.165) is 11.8 Å². The Kier molecular flexibility index (Phi) is 5.89. The summed E-state index contributed by atoms with van der Waals surface area (Å²) in [6.07, 6.45) is 0.735. The monoisotopic (exact) mass is 382 g/mol. The number of carbonyl (C=O) groups excluding carboxylic acids is 1. The van der Waals surface area contributed by atoms with E-state index in [4.69, 9.17) is 23.7 Å². The van der Waals surface area contributed by atoms with Gasteiger partial charge in [-0.25, -0.2) is 0 Å². The minimum absolute atomic E-state index is 0.285. The molecule has 0 fully saturated rings. The molecule has 0 amide bonds. The van der Waals surface area contributed by atoms with Gasteiger partial charge in [-0.15, -0.1) is 0 Å². The van der Waals surface area contributed by atoms with Crippen molar-refractivity contribution in [3.8, 4) is 28.7 Å². The molecule has 6 nitrogen and oxygen atoms in total. The lowest BCUT2D eigenvalue weighted by molar-refractivity contribution is 0.111. The first-order chi connectivity index (χ1) is 13.7. The molecule has 3 aromatic carbocycles. The summed E-state index contributed by atoms with van der Waals surface area (Å²) in [7, 11) is 6.15. The maximum atomic E-state index is 11.8. The van der Waals surface area contributed by atoms with Gasteiger partial charge >= 0.3 is 0 Å². The average Bonchev–Trinajstić information content (AvgIpc) is 2.75. The predicted octanol–water partition coefficient (Wildman–Crippen LogP) is 4.27. The summed E-state index contributed by atoms with van der Waals surface area (Å²) in [4.78, 5) is 11.8. The number of benzene rings is 3. The van der Waals surface area contributed by atoms with Crippen molar-refractivity contribution in [3.63, 3.8) is 0 Å². The van der Waals surface area contributed by atoms with Crippen LogP contribution in [0.1, 0.15) is 15.9 Å². The summed E-state index contributed by atoms with van der Waals surface area (Å²) in [5.74, 6) is 2.20. The molecule has 3 rings (SSSR count). The number of rotatable bonds is 8. The summed E-state index contributed by atoms with van der Waals surface area (Å²) in [5.41, 5.74) is 1.32. The zero-order chi connectivity index (χ0) is 20.1. The number of fused-ring (bicyclic) bond motifs is 1. The molecular weight excluding hydrogens is 360 g/mol. The van der Waals surface area contributed by atoms with Crippen LogP contribution < -0.4 is 23.7 Å². The molecule has 3 aromatic rings. The number of hydrogen-bond acceptors (Lipinski definition) is 6. The third-order valence-corrected chi connectivity index (χ3v) is 4.44. The summed E-state index contributed by atoms with van der Waals surface area (Å²) >= 11 is 0. The maximum Gasteiger partial charge on any atom is 0.173 e. The molecule has 0 bridgehead atoms. The van der Waals surface area contributed by atoms with E-state index in [2.05, 4.69) is 0 Å². The van der Waals surface area contributed by atoms with E-state index in [1.54, 1.807) is 33.5 Å². The third-order valence-electron chi connectivity index (χ3n) is 4.44. The smallest absolute Gasteiger partial charge is 0.173 e. The number of ether oxygens (including phenoxy) is 5. The van der Waals surface area contributed by atoms with Crippen LogP contribution in [0.5, 0.6) is 28.7 Å². The zero-order valence-corrected chi connectivity index (χ0v) is 16.3. The molecule has 0 heterocycles. The molecule has 0 saturated heterocycles. The van der Waals surface area contributed by atoms with E-state index in [1.165, 1.54) is 7.11 Å². The highest BCUT2D eigenvalue weighted by Gasteiger charge is 2.24. The molecular formula is C22H22O6. The summed E-state index contributed by atoms with van der Waals surface area (Å²) < 4.78 is 28.2. The van der Waals surface area contributed by atoms with Gasteiger partial charge in [-0.2, -0.15) is 0 Å². The van der Waals surface area contributed by atoms with Gasteiger partial charge in [-0.05, 0) is 11.6 Å². The Morgan fingerprint density at radius 3 is 2.04 bits per heavy atom. The van der Waals surface area contributed by atoms with E-state index in [0.29, 0.717) is 45.1 Å². The van der Waals surface area contributed by atoms with Crippen molar-refractivity contribution in [2.24, 2.45) is 0 Å². The Balaban J connectivity index is 2.26. The molecule has 0 atom stereocenters. The largest absolute Gasteiger partial charge is 0.496 e. The molecule has 0 saturated carbocycles. The van der Waals surface area contributed by atoms with Crippen LogP contribution in [0.3, 0.4) is 0 Å². The summed E-state index contributed by atoms with van der Waals surface area (Å²) in [6.45, 7) is 0.285. The van der Waals surface area contributed by atoms with Crippen LogP contribution in [0.2, 0.25) is 0 Å².